The zero-order valence-electron chi connectivity index (χ0n) is 13.2. The van der Waals surface area contributed by atoms with Gasteiger partial charge in [0.2, 0.25) is 0 Å². The molecule has 0 fully saturated rings. The Labute approximate surface area is 132 Å². The van der Waals surface area contributed by atoms with Gasteiger partial charge in [0.05, 0.1) is 19.0 Å². The van der Waals surface area contributed by atoms with Gasteiger partial charge in [-0.25, -0.2) is 9.48 Å². The average Bonchev–Trinajstić information content (AvgIpc) is 3.06. The molecule has 0 aliphatic heterocycles. The van der Waals surface area contributed by atoms with E-state index in [4.69, 9.17) is 5.73 Å². The molecule has 124 valence electrons. The molecule has 10 heteroatoms. The number of hydrogen-bond acceptors (Lipinski definition) is 7. The molecule has 0 bridgehead atoms. The van der Waals surface area contributed by atoms with E-state index < -0.39 is 6.09 Å². The van der Waals surface area contributed by atoms with Gasteiger partial charge in [0, 0.05) is 5.69 Å². The Kier molecular flexibility index (Phi) is 5.06. The van der Waals surface area contributed by atoms with Gasteiger partial charge < -0.3 is 10.5 Å². The first-order chi connectivity index (χ1) is 11.0. The summed E-state index contributed by atoms with van der Waals surface area (Å²) in [5.41, 5.74) is 8.09. The lowest BCUT2D eigenvalue weighted by molar-refractivity contribution is 0.0861. The zero-order chi connectivity index (χ0) is 17.0. The van der Waals surface area contributed by atoms with Crippen molar-refractivity contribution in [3.05, 3.63) is 23.1 Å². The van der Waals surface area contributed by atoms with Crippen molar-refractivity contribution < 1.29 is 14.3 Å². The Morgan fingerprint density at radius 3 is 2.74 bits per heavy atom. The molecule has 0 atom stereocenters. The Balaban J connectivity index is 2.10. The van der Waals surface area contributed by atoms with Crippen LogP contribution in [0.15, 0.2) is 6.20 Å². The predicted molar refractivity (Wildman–Crippen MR) is 81.1 cm³/mol. The minimum Gasteiger partial charge on any atom is -0.453 e. The second-order valence-corrected chi connectivity index (χ2v) is 4.87. The predicted octanol–water partition coefficient (Wildman–Crippen LogP) is 0.111. The summed E-state index contributed by atoms with van der Waals surface area (Å²) in [6.07, 6.45) is 1.33. The number of nitrogens with two attached hydrogens (primary N) is 1. The van der Waals surface area contributed by atoms with Crippen LogP contribution >= 0.6 is 0 Å². The molecule has 23 heavy (non-hydrogen) atoms. The normalized spacial score (nSPS) is 10.6. The molecule has 2 aromatic rings. The highest BCUT2D eigenvalue weighted by atomic mass is 16.5. The molecule has 0 radical (unpaired) electrons. The number of methoxy groups -OCH3 is 1. The van der Waals surface area contributed by atoms with Crippen LogP contribution in [-0.2, 0) is 17.7 Å². The number of aromatic nitrogens is 5. The molecule has 0 aliphatic rings. The molecule has 0 spiro atoms. The third-order valence-corrected chi connectivity index (χ3v) is 3.30. The molecule has 0 unspecified atom stereocenters. The molecule has 2 rings (SSSR count). The van der Waals surface area contributed by atoms with E-state index in [-0.39, 0.29) is 18.3 Å². The Morgan fingerprint density at radius 2 is 2.09 bits per heavy atom. The lowest BCUT2D eigenvalue weighted by Gasteiger charge is -2.03. The van der Waals surface area contributed by atoms with Crippen molar-refractivity contribution in [3.8, 4) is 0 Å². The van der Waals surface area contributed by atoms with Crippen molar-refractivity contribution in [2.24, 2.45) is 5.73 Å². The summed E-state index contributed by atoms with van der Waals surface area (Å²) in [4.78, 5) is 24.6. The van der Waals surface area contributed by atoms with Crippen LogP contribution in [0.3, 0.4) is 0 Å². The van der Waals surface area contributed by atoms with Crippen molar-refractivity contribution in [2.75, 3.05) is 19.0 Å². The average molecular weight is 321 g/mol. The molecular formula is C13H19N7O3. The van der Waals surface area contributed by atoms with E-state index in [1.165, 1.54) is 22.8 Å². The zero-order valence-corrected chi connectivity index (χ0v) is 13.2. The van der Waals surface area contributed by atoms with Crippen LogP contribution in [0.2, 0.25) is 0 Å². The van der Waals surface area contributed by atoms with Crippen LogP contribution in [0, 0.1) is 13.8 Å². The van der Waals surface area contributed by atoms with Crippen molar-refractivity contribution >= 4 is 17.8 Å². The van der Waals surface area contributed by atoms with E-state index in [0.717, 1.165) is 17.0 Å². The molecular weight excluding hydrogens is 302 g/mol. The summed E-state index contributed by atoms with van der Waals surface area (Å²) in [6, 6.07) is 0. The first kappa shape index (κ1) is 16.6. The van der Waals surface area contributed by atoms with Crippen molar-refractivity contribution in [3.63, 3.8) is 0 Å². The van der Waals surface area contributed by atoms with Gasteiger partial charge in [0.25, 0.3) is 5.91 Å². The number of aryl methyl sites for hydroxylation is 1. The van der Waals surface area contributed by atoms with E-state index in [2.05, 4.69) is 25.3 Å². The SMILES string of the molecule is COC(=O)Nc1cnn(CC(=O)n2nc(C)c(CCN)c2C)n1. The second-order valence-electron chi connectivity index (χ2n) is 4.87. The summed E-state index contributed by atoms with van der Waals surface area (Å²) in [7, 11) is 1.24. The van der Waals surface area contributed by atoms with Gasteiger partial charge >= 0.3 is 6.09 Å². The summed E-state index contributed by atoms with van der Waals surface area (Å²) < 4.78 is 5.78. The summed E-state index contributed by atoms with van der Waals surface area (Å²) in [5.74, 6) is -0.0871. The minimum absolute atomic E-state index is 0.104. The summed E-state index contributed by atoms with van der Waals surface area (Å²) in [5, 5.41) is 14.5. The van der Waals surface area contributed by atoms with Gasteiger partial charge in [0.15, 0.2) is 5.82 Å². The van der Waals surface area contributed by atoms with E-state index in [1.807, 2.05) is 13.8 Å². The molecule has 0 saturated heterocycles. The van der Waals surface area contributed by atoms with E-state index in [0.29, 0.717) is 13.0 Å². The second kappa shape index (κ2) is 7.01. The third-order valence-electron chi connectivity index (χ3n) is 3.30. The van der Waals surface area contributed by atoms with E-state index in [9.17, 15) is 9.59 Å². The first-order valence-corrected chi connectivity index (χ1v) is 6.99. The Bertz CT molecular complexity index is 719. The van der Waals surface area contributed by atoms with Gasteiger partial charge in [-0.3, -0.25) is 10.1 Å². The number of nitrogens with zero attached hydrogens (tertiary/aromatic N) is 5. The molecule has 0 aliphatic carbocycles. The highest BCUT2D eigenvalue weighted by Gasteiger charge is 2.17. The van der Waals surface area contributed by atoms with Gasteiger partial charge in [-0.2, -0.15) is 15.0 Å². The number of amides is 1. The van der Waals surface area contributed by atoms with Crippen molar-refractivity contribution in [2.45, 2.75) is 26.8 Å². The van der Waals surface area contributed by atoms with Crippen LogP contribution in [0.1, 0.15) is 21.7 Å². The van der Waals surface area contributed by atoms with Gasteiger partial charge in [-0.1, -0.05) is 0 Å². The molecule has 0 aromatic carbocycles. The van der Waals surface area contributed by atoms with Crippen molar-refractivity contribution in [1.82, 2.24) is 24.8 Å². The maximum absolute atomic E-state index is 12.3. The number of hydrogen-bond donors (Lipinski definition) is 2. The number of ether oxygens (including phenoxy) is 1. The fraction of sp³-hybridized carbons (Fsp3) is 0.462. The van der Waals surface area contributed by atoms with Crippen LogP contribution in [0.4, 0.5) is 10.6 Å². The number of rotatable bonds is 5. The molecule has 2 aromatic heterocycles. The third kappa shape index (κ3) is 3.72. The largest absolute Gasteiger partial charge is 0.453 e. The highest BCUT2D eigenvalue weighted by molar-refractivity contribution is 5.83. The van der Waals surface area contributed by atoms with Gasteiger partial charge in [-0.15, -0.1) is 5.10 Å². The molecule has 3 N–H and O–H groups in total. The summed E-state index contributed by atoms with van der Waals surface area (Å²) in [6.45, 7) is 4.05. The molecule has 2 heterocycles. The van der Waals surface area contributed by atoms with Crippen LogP contribution in [-0.4, -0.2) is 50.4 Å². The first-order valence-electron chi connectivity index (χ1n) is 6.99. The van der Waals surface area contributed by atoms with Gasteiger partial charge in [-0.05, 0) is 32.4 Å². The van der Waals surface area contributed by atoms with Crippen molar-refractivity contribution in [1.29, 1.82) is 0 Å². The minimum atomic E-state index is -0.659. The lowest BCUT2D eigenvalue weighted by atomic mass is 10.1. The van der Waals surface area contributed by atoms with Crippen LogP contribution < -0.4 is 11.1 Å². The molecule has 10 nitrogen and oxygen atoms in total. The van der Waals surface area contributed by atoms with Crippen LogP contribution in [0.25, 0.3) is 0 Å². The smallest absolute Gasteiger partial charge is 0.412 e. The Hall–Kier alpha value is -2.75. The fourth-order valence-electron chi connectivity index (χ4n) is 2.20. The van der Waals surface area contributed by atoms with Crippen LogP contribution in [0.5, 0.6) is 0 Å². The quantitative estimate of drug-likeness (QED) is 0.799. The fourth-order valence-corrected chi connectivity index (χ4v) is 2.20. The lowest BCUT2D eigenvalue weighted by Crippen LogP contribution is -2.22. The Morgan fingerprint density at radius 1 is 1.35 bits per heavy atom. The number of nitrogens with one attached hydrogen (secondary N) is 1. The maximum atomic E-state index is 12.3. The number of carbonyl (C=O) groups is 2. The maximum Gasteiger partial charge on any atom is 0.412 e. The molecule has 0 saturated carbocycles. The van der Waals surface area contributed by atoms with Gasteiger partial charge in [0.1, 0.15) is 6.54 Å². The summed E-state index contributed by atoms with van der Waals surface area (Å²) >= 11 is 0. The number of carbonyl (C=O) groups excluding carboxylic acids is 2. The molecule has 1 amide bonds. The number of anilines is 1. The highest BCUT2D eigenvalue weighted by Crippen LogP contribution is 2.13. The standard InChI is InChI=1S/C13H19N7O3/c1-8-10(4-5-14)9(2)20(17-8)12(21)7-19-15-6-11(18-19)16-13(22)23-3/h6H,4-5,7,14H2,1-3H3,(H,16,18,22). The topological polar surface area (TPSA) is 130 Å². The van der Waals surface area contributed by atoms with E-state index in [1.54, 1.807) is 0 Å². The monoisotopic (exact) mass is 321 g/mol. The van der Waals surface area contributed by atoms with E-state index >= 15 is 0 Å².